The highest BCUT2D eigenvalue weighted by molar-refractivity contribution is 5.92. The molecule has 0 unspecified atom stereocenters. The highest BCUT2D eigenvalue weighted by atomic mass is 16.5. The van der Waals surface area contributed by atoms with Gasteiger partial charge in [0.15, 0.2) is 0 Å². The molecule has 5 nitrogen and oxygen atoms in total. The molecule has 0 aliphatic carbocycles. The minimum atomic E-state index is -0.0122. The molecule has 0 radical (unpaired) electrons. The molecule has 1 amide bonds. The van der Waals surface area contributed by atoms with Gasteiger partial charge in [0.1, 0.15) is 5.75 Å². The summed E-state index contributed by atoms with van der Waals surface area (Å²) in [5.74, 6) is 0.665. The average molecular weight is 265 g/mol. The predicted octanol–water partition coefficient (Wildman–Crippen LogP) is 1.17. The van der Waals surface area contributed by atoms with Crippen molar-refractivity contribution in [1.29, 1.82) is 0 Å². The monoisotopic (exact) mass is 265 g/mol. The van der Waals surface area contributed by atoms with Crippen LogP contribution in [0.1, 0.15) is 6.42 Å². The Morgan fingerprint density at radius 1 is 1.26 bits per heavy atom. The molecule has 0 aliphatic rings. The summed E-state index contributed by atoms with van der Waals surface area (Å²) < 4.78 is 5.18. The summed E-state index contributed by atoms with van der Waals surface area (Å²) in [5, 5.41) is 6.08. The van der Waals surface area contributed by atoms with E-state index in [4.69, 9.17) is 4.74 Å². The molecule has 0 atom stereocenters. The molecule has 1 aromatic carbocycles. The summed E-state index contributed by atoms with van der Waals surface area (Å²) in [6.45, 7) is 2.53. The van der Waals surface area contributed by atoms with Crippen molar-refractivity contribution >= 4 is 11.6 Å². The lowest BCUT2D eigenvalue weighted by Gasteiger charge is -2.11. The van der Waals surface area contributed by atoms with Crippen molar-refractivity contribution in [3.63, 3.8) is 0 Å². The van der Waals surface area contributed by atoms with Gasteiger partial charge in [-0.25, -0.2) is 0 Å². The van der Waals surface area contributed by atoms with Crippen LogP contribution in [0.3, 0.4) is 0 Å². The van der Waals surface area contributed by atoms with Crippen LogP contribution in [0, 0.1) is 0 Å². The molecule has 19 heavy (non-hydrogen) atoms. The molecule has 1 aromatic rings. The van der Waals surface area contributed by atoms with E-state index in [9.17, 15) is 4.79 Å². The number of amides is 1. The Morgan fingerprint density at radius 3 is 2.68 bits per heavy atom. The van der Waals surface area contributed by atoms with Gasteiger partial charge in [-0.15, -0.1) is 0 Å². The van der Waals surface area contributed by atoms with Crippen LogP contribution in [0.15, 0.2) is 24.3 Å². The first-order valence-corrected chi connectivity index (χ1v) is 6.42. The number of hydrogen-bond donors (Lipinski definition) is 2. The average Bonchev–Trinajstić information content (AvgIpc) is 2.38. The number of likely N-dealkylation sites (N-methyl/N-ethyl adjacent to an activating group) is 1. The molecule has 2 N–H and O–H groups in total. The highest BCUT2D eigenvalue weighted by Crippen LogP contribution is 2.22. The number of para-hydroxylation sites is 2. The molecule has 0 heterocycles. The van der Waals surface area contributed by atoms with Gasteiger partial charge in [0.2, 0.25) is 5.91 Å². The van der Waals surface area contributed by atoms with Crippen molar-refractivity contribution in [3.8, 4) is 5.75 Å². The number of hydrogen-bond acceptors (Lipinski definition) is 4. The minimum Gasteiger partial charge on any atom is -0.495 e. The molecule has 0 spiro atoms. The van der Waals surface area contributed by atoms with Gasteiger partial charge >= 0.3 is 0 Å². The highest BCUT2D eigenvalue weighted by Gasteiger charge is 2.06. The van der Waals surface area contributed by atoms with Gasteiger partial charge in [0, 0.05) is 26.1 Å². The molecule has 0 saturated carbocycles. The summed E-state index contributed by atoms with van der Waals surface area (Å²) >= 11 is 0. The number of nitrogens with zero attached hydrogens (tertiary/aromatic N) is 1. The van der Waals surface area contributed by atoms with Gasteiger partial charge in [-0.1, -0.05) is 12.1 Å². The van der Waals surface area contributed by atoms with Crippen molar-refractivity contribution < 1.29 is 9.53 Å². The SMILES string of the molecule is COc1ccccc1NC(=O)CCNCCN(C)C. The quantitative estimate of drug-likeness (QED) is 0.693. The molecule has 0 aromatic heterocycles. The molecule has 0 bridgehead atoms. The van der Waals surface area contributed by atoms with Crippen LogP contribution < -0.4 is 15.4 Å². The summed E-state index contributed by atoms with van der Waals surface area (Å²) in [6, 6.07) is 7.39. The topological polar surface area (TPSA) is 53.6 Å². The lowest BCUT2D eigenvalue weighted by Crippen LogP contribution is -2.29. The number of ether oxygens (including phenoxy) is 1. The lowest BCUT2D eigenvalue weighted by molar-refractivity contribution is -0.116. The van der Waals surface area contributed by atoms with Gasteiger partial charge in [-0.3, -0.25) is 4.79 Å². The van der Waals surface area contributed by atoms with Crippen LogP contribution in [-0.2, 0) is 4.79 Å². The Hall–Kier alpha value is -1.59. The molecule has 0 saturated heterocycles. The van der Waals surface area contributed by atoms with Crippen LogP contribution >= 0.6 is 0 Å². The maximum Gasteiger partial charge on any atom is 0.225 e. The van der Waals surface area contributed by atoms with Crippen LogP contribution in [0.5, 0.6) is 5.75 Å². The second-order valence-corrected chi connectivity index (χ2v) is 4.55. The maximum atomic E-state index is 11.8. The number of anilines is 1. The molecule has 106 valence electrons. The summed E-state index contributed by atoms with van der Waals surface area (Å²) in [4.78, 5) is 13.9. The Labute approximate surface area is 114 Å². The first-order chi connectivity index (χ1) is 9.13. The predicted molar refractivity (Wildman–Crippen MR) is 77.7 cm³/mol. The van der Waals surface area contributed by atoms with Crippen LogP contribution in [-0.4, -0.2) is 51.6 Å². The molecule has 0 aliphatic heterocycles. The smallest absolute Gasteiger partial charge is 0.225 e. The normalized spacial score (nSPS) is 10.5. The minimum absolute atomic E-state index is 0.0122. The van der Waals surface area contributed by atoms with E-state index in [1.54, 1.807) is 7.11 Å². The third-order valence-electron chi connectivity index (χ3n) is 2.65. The number of benzene rings is 1. The second-order valence-electron chi connectivity index (χ2n) is 4.55. The molecular formula is C14H23N3O2. The van der Waals surface area contributed by atoms with E-state index < -0.39 is 0 Å². The van der Waals surface area contributed by atoms with Gasteiger partial charge in [0.25, 0.3) is 0 Å². The van der Waals surface area contributed by atoms with E-state index in [2.05, 4.69) is 15.5 Å². The zero-order chi connectivity index (χ0) is 14.1. The van der Waals surface area contributed by atoms with Crippen LogP contribution in [0.2, 0.25) is 0 Å². The zero-order valence-electron chi connectivity index (χ0n) is 11.9. The number of rotatable bonds is 8. The fourth-order valence-electron chi connectivity index (χ4n) is 1.59. The standard InChI is InChI=1S/C14H23N3O2/c1-17(2)11-10-15-9-8-14(18)16-12-6-4-5-7-13(12)19-3/h4-7,15H,8-11H2,1-3H3,(H,16,18). The molecular weight excluding hydrogens is 242 g/mol. The first-order valence-electron chi connectivity index (χ1n) is 6.42. The van der Waals surface area contributed by atoms with Gasteiger partial charge < -0.3 is 20.3 Å². The Bertz CT molecular complexity index is 394. The lowest BCUT2D eigenvalue weighted by atomic mass is 10.3. The summed E-state index contributed by atoms with van der Waals surface area (Å²) in [6.07, 6.45) is 0.450. The molecule has 5 heteroatoms. The van der Waals surface area contributed by atoms with Crippen molar-refractivity contribution in [2.75, 3.05) is 46.2 Å². The molecule has 1 rings (SSSR count). The van der Waals surface area contributed by atoms with Crippen molar-refractivity contribution in [1.82, 2.24) is 10.2 Å². The van der Waals surface area contributed by atoms with E-state index in [-0.39, 0.29) is 5.91 Å². The van der Waals surface area contributed by atoms with Gasteiger partial charge in [-0.05, 0) is 26.2 Å². The van der Waals surface area contributed by atoms with E-state index in [0.717, 1.165) is 13.1 Å². The number of carbonyl (C=O) groups is 1. The fourth-order valence-corrected chi connectivity index (χ4v) is 1.59. The second kappa shape index (κ2) is 8.50. The Morgan fingerprint density at radius 2 is 2.00 bits per heavy atom. The van der Waals surface area contributed by atoms with Gasteiger partial charge in [0.05, 0.1) is 12.8 Å². The largest absolute Gasteiger partial charge is 0.495 e. The Kier molecular flexibility index (Phi) is 6.92. The third-order valence-corrected chi connectivity index (χ3v) is 2.65. The summed E-state index contributed by atoms with van der Waals surface area (Å²) in [7, 11) is 5.64. The van der Waals surface area contributed by atoms with Crippen molar-refractivity contribution in [2.24, 2.45) is 0 Å². The fraction of sp³-hybridized carbons (Fsp3) is 0.500. The van der Waals surface area contributed by atoms with E-state index in [1.807, 2.05) is 38.4 Å². The van der Waals surface area contributed by atoms with E-state index in [1.165, 1.54) is 0 Å². The number of methoxy groups -OCH3 is 1. The summed E-state index contributed by atoms with van der Waals surface area (Å²) in [5.41, 5.74) is 0.711. The van der Waals surface area contributed by atoms with Crippen LogP contribution in [0.4, 0.5) is 5.69 Å². The van der Waals surface area contributed by atoms with Crippen LogP contribution in [0.25, 0.3) is 0 Å². The first kappa shape index (κ1) is 15.5. The molecule has 0 fully saturated rings. The van der Waals surface area contributed by atoms with Gasteiger partial charge in [-0.2, -0.15) is 0 Å². The number of nitrogens with one attached hydrogen (secondary N) is 2. The number of carbonyl (C=O) groups excluding carboxylic acids is 1. The third kappa shape index (κ3) is 6.22. The van der Waals surface area contributed by atoms with Crippen molar-refractivity contribution in [2.45, 2.75) is 6.42 Å². The zero-order valence-corrected chi connectivity index (χ0v) is 11.9. The van der Waals surface area contributed by atoms with E-state index in [0.29, 0.717) is 24.4 Å². The maximum absolute atomic E-state index is 11.8. The van der Waals surface area contributed by atoms with E-state index >= 15 is 0 Å². The van der Waals surface area contributed by atoms with Crippen molar-refractivity contribution in [3.05, 3.63) is 24.3 Å². The Balaban J connectivity index is 2.27.